The van der Waals surface area contributed by atoms with E-state index in [9.17, 15) is 13.2 Å². The highest BCUT2D eigenvalue weighted by molar-refractivity contribution is 7.89. The Morgan fingerprint density at radius 1 is 1.35 bits per heavy atom. The average molecular weight is 297 g/mol. The van der Waals surface area contributed by atoms with Crippen LogP contribution in [0, 0.1) is 5.92 Å². The number of carboxylic acid groups (broad SMARTS) is 1. The van der Waals surface area contributed by atoms with Gasteiger partial charge in [-0.2, -0.15) is 4.31 Å². The first-order chi connectivity index (χ1) is 9.43. The first kappa shape index (κ1) is 15.0. The Kier molecular flexibility index (Phi) is 4.45. The Hall–Kier alpha value is -1.40. The monoisotopic (exact) mass is 297 g/mol. The van der Waals surface area contributed by atoms with Crippen molar-refractivity contribution in [3.8, 4) is 0 Å². The Morgan fingerprint density at radius 3 is 2.55 bits per heavy atom. The van der Waals surface area contributed by atoms with Crippen molar-refractivity contribution in [3.63, 3.8) is 0 Å². The van der Waals surface area contributed by atoms with E-state index in [1.54, 1.807) is 12.1 Å². The van der Waals surface area contributed by atoms with Crippen LogP contribution in [-0.2, 0) is 21.2 Å². The molecule has 20 heavy (non-hydrogen) atoms. The predicted octanol–water partition coefficient (Wildman–Crippen LogP) is 1.73. The van der Waals surface area contributed by atoms with Gasteiger partial charge in [-0.25, -0.2) is 8.42 Å². The molecule has 2 rings (SSSR count). The summed E-state index contributed by atoms with van der Waals surface area (Å²) in [4.78, 5) is 11.0. The van der Waals surface area contributed by atoms with Crippen LogP contribution in [0.3, 0.4) is 0 Å². The van der Waals surface area contributed by atoms with Crippen molar-refractivity contribution in [1.29, 1.82) is 0 Å². The molecule has 1 aliphatic heterocycles. The molecule has 0 bridgehead atoms. The summed E-state index contributed by atoms with van der Waals surface area (Å²) in [5, 5.41) is 8.77. The van der Waals surface area contributed by atoms with Gasteiger partial charge in [0.05, 0.1) is 4.90 Å². The highest BCUT2D eigenvalue weighted by atomic mass is 32.2. The molecular weight excluding hydrogens is 278 g/mol. The number of aryl methyl sites for hydroxylation is 1. The molecule has 1 heterocycles. The second-order valence-corrected chi connectivity index (χ2v) is 7.05. The topological polar surface area (TPSA) is 74.7 Å². The standard InChI is InChI=1S/C14H19NO4S/c1-2-11-3-5-13(6-4-11)20(18,19)15-8-7-12(10-15)9-14(16)17/h3-6,12H,2,7-10H2,1H3,(H,16,17). The van der Waals surface area contributed by atoms with Gasteiger partial charge in [-0.15, -0.1) is 0 Å². The molecule has 6 heteroatoms. The molecule has 110 valence electrons. The maximum atomic E-state index is 12.4. The van der Waals surface area contributed by atoms with Crippen LogP contribution >= 0.6 is 0 Å². The summed E-state index contributed by atoms with van der Waals surface area (Å²) in [6.45, 7) is 2.71. The van der Waals surface area contributed by atoms with Crippen molar-refractivity contribution in [2.45, 2.75) is 31.1 Å². The van der Waals surface area contributed by atoms with Crippen molar-refractivity contribution < 1.29 is 18.3 Å². The first-order valence-electron chi connectivity index (χ1n) is 6.74. The van der Waals surface area contributed by atoms with Crippen LogP contribution in [0.1, 0.15) is 25.3 Å². The number of hydrogen-bond acceptors (Lipinski definition) is 3. The summed E-state index contributed by atoms with van der Waals surface area (Å²) in [6, 6.07) is 6.88. The maximum Gasteiger partial charge on any atom is 0.303 e. The lowest BCUT2D eigenvalue weighted by atomic mass is 10.1. The van der Waals surface area contributed by atoms with Crippen molar-refractivity contribution >= 4 is 16.0 Å². The van der Waals surface area contributed by atoms with E-state index in [1.807, 2.05) is 19.1 Å². The lowest BCUT2D eigenvalue weighted by Gasteiger charge is -2.16. The maximum absolute atomic E-state index is 12.4. The van der Waals surface area contributed by atoms with Gasteiger partial charge in [0.2, 0.25) is 10.0 Å². The molecule has 1 aromatic rings. The summed E-state index contributed by atoms with van der Waals surface area (Å²) in [5.74, 6) is -0.960. The summed E-state index contributed by atoms with van der Waals surface area (Å²) in [5.41, 5.74) is 1.09. The molecule has 1 aromatic carbocycles. The number of rotatable bonds is 5. The van der Waals surface area contributed by atoms with Gasteiger partial charge in [0.1, 0.15) is 0 Å². The quantitative estimate of drug-likeness (QED) is 0.898. The fourth-order valence-corrected chi connectivity index (χ4v) is 4.01. The molecule has 1 aliphatic rings. The SMILES string of the molecule is CCc1ccc(S(=O)(=O)N2CCC(CC(=O)O)C2)cc1. The predicted molar refractivity (Wildman–Crippen MR) is 74.9 cm³/mol. The van der Waals surface area contributed by atoms with Crippen molar-refractivity contribution in [3.05, 3.63) is 29.8 Å². The van der Waals surface area contributed by atoms with Gasteiger partial charge in [-0.1, -0.05) is 19.1 Å². The Morgan fingerprint density at radius 2 is 2.00 bits per heavy atom. The first-order valence-corrected chi connectivity index (χ1v) is 8.18. The van der Waals surface area contributed by atoms with E-state index < -0.39 is 16.0 Å². The fraction of sp³-hybridized carbons (Fsp3) is 0.500. The van der Waals surface area contributed by atoms with Crippen molar-refractivity contribution in [2.75, 3.05) is 13.1 Å². The number of carboxylic acids is 1. The third-order valence-corrected chi connectivity index (χ3v) is 5.56. The molecule has 5 nitrogen and oxygen atoms in total. The molecule has 1 saturated heterocycles. The molecule has 0 aliphatic carbocycles. The van der Waals surface area contributed by atoms with Gasteiger partial charge < -0.3 is 5.11 Å². The molecule has 1 fully saturated rings. The van der Waals surface area contributed by atoms with E-state index in [1.165, 1.54) is 4.31 Å². The molecule has 1 N–H and O–H groups in total. The summed E-state index contributed by atoms with van der Waals surface area (Å²) >= 11 is 0. The van der Waals surface area contributed by atoms with Gasteiger partial charge in [-0.05, 0) is 36.5 Å². The molecule has 1 unspecified atom stereocenters. The van der Waals surface area contributed by atoms with Crippen LogP contribution in [0.5, 0.6) is 0 Å². The molecule has 0 spiro atoms. The van der Waals surface area contributed by atoms with Crippen molar-refractivity contribution in [1.82, 2.24) is 4.31 Å². The number of nitrogens with zero attached hydrogens (tertiary/aromatic N) is 1. The third kappa shape index (κ3) is 3.19. The fourth-order valence-electron chi connectivity index (χ4n) is 2.48. The van der Waals surface area contributed by atoms with E-state index in [2.05, 4.69) is 0 Å². The third-order valence-electron chi connectivity index (χ3n) is 3.68. The van der Waals surface area contributed by atoms with Crippen LogP contribution in [0.4, 0.5) is 0 Å². The van der Waals surface area contributed by atoms with E-state index >= 15 is 0 Å². The van der Waals surface area contributed by atoms with Gasteiger partial charge in [0.15, 0.2) is 0 Å². The van der Waals surface area contributed by atoms with Gasteiger partial charge in [0.25, 0.3) is 0 Å². The second kappa shape index (κ2) is 5.93. The van der Waals surface area contributed by atoms with Crippen LogP contribution in [0.15, 0.2) is 29.2 Å². The van der Waals surface area contributed by atoms with E-state index in [0.29, 0.717) is 19.5 Å². The van der Waals surface area contributed by atoms with Gasteiger partial charge >= 0.3 is 5.97 Å². The Balaban J connectivity index is 2.12. The summed E-state index contributed by atoms with van der Waals surface area (Å²) in [6.07, 6.45) is 1.50. The van der Waals surface area contributed by atoms with Crippen LogP contribution in [0.2, 0.25) is 0 Å². The molecule has 1 atom stereocenters. The normalized spacial score (nSPS) is 20.1. The minimum Gasteiger partial charge on any atom is -0.481 e. The Bertz CT molecular complexity index is 580. The number of aliphatic carboxylic acids is 1. The minimum absolute atomic E-state index is 0.0286. The highest BCUT2D eigenvalue weighted by Gasteiger charge is 2.33. The van der Waals surface area contributed by atoms with Crippen molar-refractivity contribution in [2.24, 2.45) is 5.92 Å². The minimum atomic E-state index is -3.49. The number of carbonyl (C=O) groups is 1. The smallest absolute Gasteiger partial charge is 0.303 e. The zero-order chi connectivity index (χ0) is 14.8. The zero-order valence-electron chi connectivity index (χ0n) is 11.4. The van der Waals surface area contributed by atoms with Crippen LogP contribution < -0.4 is 0 Å². The number of benzene rings is 1. The molecule has 0 amide bonds. The van der Waals surface area contributed by atoms with E-state index in [0.717, 1.165) is 12.0 Å². The average Bonchev–Trinajstić information content (AvgIpc) is 2.87. The molecular formula is C14H19NO4S. The molecule has 0 aromatic heterocycles. The van der Waals surface area contributed by atoms with Gasteiger partial charge in [0, 0.05) is 19.5 Å². The van der Waals surface area contributed by atoms with E-state index in [-0.39, 0.29) is 17.2 Å². The second-order valence-electron chi connectivity index (χ2n) is 5.11. The summed E-state index contributed by atoms with van der Waals surface area (Å²) < 4.78 is 26.3. The molecule has 0 radical (unpaired) electrons. The largest absolute Gasteiger partial charge is 0.481 e. The molecule has 0 saturated carbocycles. The van der Waals surface area contributed by atoms with E-state index in [4.69, 9.17) is 5.11 Å². The number of hydrogen-bond donors (Lipinski definition) is 1. The van der Waals surface area contributed by atoms with Gasteiger partial charge in [-0.3, -0.25) is 4.79 Å². The number of sulfonamides is 1. The summed E-state index contributed by atoms with van der Waals surface area (Å²) in [7, 11) is -3.49. The lowest BCUT2D eigenvalue weighted by Crippen LogP contribution is -2.29. The van der Waals surface area contributed by atoms with Crippen LogP contribution in [-0.4, -0.2) is 36.9 Å². The zero-order valence-corrected chi connectivity index (χ0v) is 12.3. The highest BCUT2D eigenvalue weighted by Crippen LogP contribution is 2.26. The Labute approximate surface area is 119 Å². The van der Waals surface area contributed by atoms with Crippen LogP contribution in [0.25, 0.3) is 0 Å². The lowest BCUT2D eigenvalue weighted by molar-refractivity contribution is -0.137.